The highest BCUT2D eigenvalue weighted by Crippen LogP contribution is 2.17. The molecular weight excluding hydrogens is 232 g/mol. The number of carbonyl (C=O) groups excluding carboxylic acids is 1. The molecule has 1 amide bonds. The second-order valence-electron chi connectivity index (χ2n) is 4.16. The SMILES string of the molecule is CC(C(=O)O)N(C)C(=O)C(CN)c1ccccc1. The molecule has 5 heteroatoms. The van der Waals surface area contributed by atoms with E-state index in [-0.39, 0.29) is 12.5 Å². The van der Waals surface area contributed by atoms with Crippen molar-refractivity contribution in [2.24, 2.45) is 5.73 Å². The van der Waals surface area contributed by atoms with E-state index in [0.29, 0.717) is 0 Å². The first-order valence-corrected chi connectivity index (χ1v) is 5.73. The quantitative estimate of drug-likeness (QED) is 0.804. The van der Waals surface area contributed by atoms with Gasteiger partial charge in [-0.05, 0) is 12.5 Å². The predicted octanol–water partition coefficient (Wildman–Crippen LogP) is 0.660. The first-order chi connectivity index (χ1) is 8.49. The van der Waals surface area contributed by atoms with E-state index >= 15 is 0 Å². The van der Waals surface area contributed by atoms with Crippen molar-refractivity contribution in [3.05, 3.63) is 35.9 Å². The van der Waals surface area contributed by atoms with Gasteiger partial charge >= 0.3 is 5.97 Å². The fourth-order valence-electron chi connectivity index (χ4n) is 1.67. The van der Waals surface area contributed by atoms with Crippen LogP contribution in [0.25, 0.3) is 0 Å². The minimum Gasteiger partial charge on any atom is -0.480 e. The number of hydrogen-bond acceptors (Lipinski definition) is 3. The van der Waals surface area contributed by atoms with E-state index in [0.717, 1.165) is 5.56 Å². The molecule has 1 aromatic rings. The molecule has 3 N–H and O–H groups in total. The van der Waals surface area contributed by atoms with E-state index in [1.165, 1.54) is 18.9 Å². The molecule has 0 fully saturated rings. The molecule has 0 aliphatic heterocycles. The first kappa shape index (κ1) is 14.2. The molecule has 2 atom stereocenters. The molecular formula is C13H18N2O3. The van der Waals surface area contributed by atoms with E-state index in [9.17, 15) is 9.59 Å². The van der Waals surface area contributed by atoms with E-state index in [4.69, 9.17) is 10.8 Å². The van der Waals surface area contributed by atoms with Crippen molar-refractivity contribution in [2.75, 3.05) is 13.6 Å². The summed E-state index contributed by atoms with van der Waals surface area (Å²) >= 11 is 0. The zero-order valence-electron chi connectivity index (χ0n) is 10.5. The van der Waals surface area contributed by atoms with Crippen molar-refractivity contribution < 1.29 is 14.7 Å². The lowest BCUT2D eigenvalue weighted by Crippen LogP contribution is -2.44. The van der Waals surface area contributed by atoms with Crippen LogP contribution in [0.3, 0.4) is 0 Å². The number of nitrogens with two attached hydrogens (primary N) is 1. The standard InChI is InChI=1S/C13H18N2O3/c1-9(13(17)18)15(2)12(16)11(8-14)10-6-4-3-5-7-10/h3-7,9,11H,8,14H2,1-2H3,(H,17,18). The van der Waals surface area contributed by atoms with Gasteiger partial charge in [0.05, 0.1) is 5.92 Å². The summed E-state index contributed by atoms with van der Waals surface area (Å²) in [4.78, 5) is 24.3. The van der Waals surface area contributed by atoms with Gasteiger partial charge in [-0.25, -0.2) is 4.79 Å². The number of rotatable bonds is 5. The molecule has 0 saturated heterocycles. The molecule has 0 aromatic heterocycles. The molecule has 0 saturated carbocycles. The number of benzene rings is 1. The molecule has 0 aliphatic rings. The van der Waals surface area contributed by atoms with Gasteiger partial charge in [0, 0.05) is 13.6 Å². The van der Waals surface area contributed by atoms with Crippen LogP contribution in [0.1, 0.15) is 18.4 Å². The van der Waals surface area contributed by atoms with E-state index in [1.54, 1.807) is 0 Å². The molecule has 1 aromatic carbocycles. The van der Waals surface area contributed by atoms with E-state index < -0.39 is 17.9 Å². The van der Waals surface area contributed by atoms with Crippen LogP contribution in [0, 0.1) is 0 Å². The summed E-state index contributed by atoms with van der Waals surface area (Å²) in [6.45, 7) is 1.62. The van der Waals surface area contributed by atoms with Crippen LogP contribution in [-0.4, -0.2) is 41.5 Å². The molecule has 0 aliphatic carbocycles. The Balaban J connectivity index is 2.90. The topological polar surface area (TPSA) is 83.6 Å². The summed E-state index contributed by atoms with van der Waals surface area (Å²) < 4.78 is 0. The van der Waals surface area contributed by atoms with Gasteiger partial charge in [0.15, 0.2) is 0 Å². The molecule has 0 heterocycles. The maximum absolute atomic E-state index is 12.2. The highest BCUT2D eigenvalue weighted by molar-refractivity contribution is 5.88. The highest BCUT2D eigenvalue weighted by atomic mass is 16.4. The van der Waals surface area contributed by atoms with E-state index in [2.05, 4.69) is 0 Å². The monoisotopic (exact) mass is 250 g/mol. The van der Waals surface area contributed by atoms with Crippen molar-refractivity contribution in [1.82, 2.24) is 4.90 Å². The van der Waals surface area contributed by atoms with Gasteiger partial charge in [-0.3, -0.25) is 4.79 Å². The normalized spacial score (nSPS) is 13.7. The van der Waals surface area contributed by atoms with E-state index in [1.807, 2.05) is 30.3 Å². The maximum Gasteiger partial charge on any atom is 0.326 e. The third kappa shape index (κ3) is 3.07. The smallest absolute Gasteiger partial charge is 0.326 e. The number of carboxylic acids is 1. The highest BCUT2D eigenvalue weighted by Gasteiger charge is 2.28. The van der Waals surface area contributed by atoms with Crippen LogP contribution in [0.5, 0.6) is 0 Å². The summed E-state index contributed by atoms with van der Waals surface area (Å²) in [6.07, 6.45) is 0. The Morgan fingerprint density at radius 2 is 1.89 bits per heavy atom. The van der Waals surface area contributed by atoms with Crippen molar-refractivity contribution >= 4 is 11.9 Å². The van der Waals surface area contributed by atoms with Gasteiger partial charge in [-0.15, -0.1) is 0 Å². The van der Waals surface area contributed by atoms with Gasteiger partial charge in [0.25, 0.3) is 0 Å². The van der Waals surface area contributed by atoms with Crippen molar-refractivity contribution in [2.45, 2.75) is 18.9 Å². The van der Waals surface area contributed by atoms with Crippen LogP contribution in [-0.2, 0) is 9.59 Å². The number of aliphatic carboxylic acids is 1. The number of hydrogen-bond donors (Lipinski definition) is 2. The molecule has 2 unspecified atom stereocenters. The van der Waals surface area contributed by atoms with Crippen molar-refractivity contribution in [3.8, 4) is 0 Å². The Labute approximate surface area is 106 Å². The Morgan fingerprint density at radius 1 is 1.33 bits per heavy atom. The number of nitrogens with zero attached hydrogens (tertiary/aromatic N) is 1. The fourth-order valence-corrected chi connectivity index (χ4v) is 1.67. The fraction of sp³-hybridized carbons (Fsp3) is 0.385. The van der Waals surface area contributed by atoms with Crippen LogP contribution < -0.4 is 5.73 Å². The third-order valence-electron chi connectivity index (χ3n) is 3.02. The second-order valence-corrected chi connectivity index (χ2v) is 4.16. The Morgan fingerprint density at radius 3 is 2.33 bits per heavy atom. The lowest BCUT2D eigenvalue weighted by atomic mass is 9.97. The maximum atomic E-state index is 12.2. The molecule has 98 valence electrons. The molecule has 0 bridgehead atoms. The van der Waals surface area contributed by atoms with Crippen molar-refractivity contribution in [1.29, 1.82) is 0 Å². The van der Waals surface area contributed by atoms with Gasteiger partial charge in [0.2, 0.25) is 5.91 Å². The van der Waals surface area contributed by atoms with Crippen LogP contribution in [0.15, 0.2) is 30.3 Å². The van der Waals surface area contributed by atoms with Crippen LogP contribution >= 0.6 is 0 Å². The number of amides is 1. The largest absolute Gasteiger partial charge is 0.480 e. The first-order valence-electron chi connectivity index (χ1n) is 5.73. The molecule has 1 rings (SSSR count). The van der Waals surface area contributed by atoms with Gasteiger partial charge in [-0.1, -0.05) is 30.3 Å². The number of carboxylic acid groups (broad SMARTS) is 1. The summed E-state index contributed by atoms with van der Waals surface area (Å²) in [6, 6.07) is 8.27. The number of carbonyl (C=O) groups is 2. The van der Waals surface area contributed by atoms with Gasteiger partial charge in [0.1, 0.15) is 6.04 Å². The minimum absolute atomic E-state index is 0.152. The summed E-state index contributed by atoms with van der Waals surface area (Å²) in [5.41, 5.74) is 6.43. The average Bonchev–Trinajstić information content (AvgIpc) is 2.38. The van der Waals surface area contributed by atoms with Gasteiger partial charge in [-0.2, -0.15) is 0 Å². The zero-order valence-corrected chi connectivity index (χ0v) is 10.5. The lowest BCUT2D eigenvalue weighted by molar-refractivity contribution is -0.148. The predicted molar refractivity (Wildman–Crippen MR) is 68.1 cm³/mol. The lowest BCUT2D eigenvalue weighted by Gasteiger charge is -2.26. The minimum atomic E-state index is -1.03. The Kier molecular flexibility index (Phi) is 4.85. The molecule has 5 nitrogen and oxygen atoms in total. The van der Waals surface area contributed by atoms with Gasteiger partial charge < -0.3 is 15.7 Å². The molecule has 0 radical (unpaired) electrons. The Hall–Kier alpha value is -1.88. The second kappa shape index (κ2) is 6.16. The van der Waals surface area contributed by atoms with Crippen molar-refractivity contribution in [3.63, 3.8) is 0 Å². The van der Waals surface area contributed by atoms with Crippen LogP contribution in [0.2, 0.25) is 0 Å². The summed E-state index contributed by atoms with van der Waals surface area (Å²) in [7, 11) is 1.48. The summed E-state index contributed by atoms with van der Waals surface area (Å²) in [5.74, 6) is -1.81. The zero-order chi connectivity index (χ0) is 13.7. The molecule has 18 heavy (non-hydrogen) atoms. The average molecular weight is 250 g/mol. The number of likely N-dealkylation sites (N-methyl/N-ethyl adjacent to an activating group) is 1. The Bertz CT molecular complexity index is 420. The molecule has 0 spiro atoms. The third-order valence-corrected chi connectivity index (χ3v) is 3.02. The van der Waals surface area contributed by atoms with Crippen LogP contribution in [0.4, 0.5) is 0 Å². The summed E-state index contributed by atoms with van der Waals surface area (Å²) in [5, 5.41) is 8.90.